The van der Waals surface area contributed by atoms with Crippen molar-refractivity contribution in [2.75, 3.05) is 6.54 Å². The van der Waals surface area contributed by atoms with Crippen LogP contribution in [0.3, 0.4) is 0 Å². The third-order valence-corrected chi connectivity index (χ3v) is 5.46. The Labute approximate surface area is 139 Å². The van der Waals surface area contributed by atoms with Gasteiger partial charge in [0.1, 0.15) is 0 Å². The van der Waals surface area contributed by atoms with Gasteiger partial charge in [-0.15, -0.1) is 0 Å². The maximum Gasteiger partial charge on any atom is 0.0803 e. The molecule has 122 valence electrons. The van der Waals surface area contributed by atoms with E-state index < -0.39 is 5.60 Å². The average Bonchev–Trinajstić information content (AvgIpc) is 2.57. The molecule has 2 heteroatoms. The second-order valence-electron chi connectivity index (χ2n) is 7.08. The van der Waals surface area contributed by atoms with E-state index >= 15 is 0 Å². The summed E-state index contributed by atoms with van der Waals surface area (Å²) in [5.41, 5.74) is 1.95. The molecular weight excluding hydrogens is 282 g/mol. The minimum absolute atomic E-state index is 0.147. The van der Waals surface area contributed by atoms with Crippen molar-refractivity contribution in [3.8, 4) is 0 Å². The summed E-state index contributed by atoms with van der Waals surface area (Å²) in [5.74, 6) is 0.322. The minimum Gasteiger partial charge on any atom is -0.388 e. The smallest absolute Gasteiger partial charge is 0.0803 e. The lowest BCUT2D eigenvalue weighted by molar-refractivity contribution is -0.106. The number of rotatable bonds is 4. The van der Waals surface area contributed by atoms with Crippen molar-refractivity contribution in [2.45, 2.75) is 44.9 Å². The maximum absolute atomic E-state index is 11.2. The molecule has 2 nitrogen and oxygen atoms in total. The van der Waals surface area contributed by atoms with Crippen molar-refractivity contribution in [1.29, 1.82) is 0 Å². The fourth-order valence-corrected chi connectivity index (χ4v) is 3.69. The van der Waals surface area contributed by atoms with E-state index in [0.29, 0.717) is 5.92 Å². The predicted molar refractivity (Wildman–Crippen MR) is 95.2 cm³/mol. The lowest BCUT2D eigenvalue weighted by Crippen LogP contribution is -2.59. The van der Waals surface area contributed by atoms with Crippen molar-refractivity contribution in [3.63, 3.8) is 0 Å². The van der Waals surface area contributed by atoms with Gasteiger partial charge in [0.25, 0.3) is 0 Å². The summed E-state index contributed by atoms with van der Waals surface area (Å²) in [6.45, 7) is 6.14. The number of aliphatic hydroxyl groups is 1. The lowest BCUT2D eigenvalue weighted by Gasteiger charge is -2.49. The standard InChI is InChI=1S/C21H27NO/c1-17-13-14-22(16-19-11-7-4-8-12-19)20(21(17,2)23)15-18-9-5-3-6-10-18/h3-12,17,20,23H,13-16H2,1-2H3. The monoisotopic (exact) mass is 309 g/mol. The van der Waals surface area contributed by atoms with Crippen LogP contribution >= 0.6 is 0 Å². The van der Waals surface area contributed by atoms with Crippen LogP contribution in [0.1, 0.15) is 31.4 Å². The zero-order valence-corrected chi connectivity index (χ0v) is 14.2. The van der Waals surface area contributed by atoms with Gasteiger partial charge in [0.05, 0.1) is 5.60 Å². The molecule has 2 aromatic carbocycles. The van der Waals surface area contributed by atoms with Gasteiger partial charge < -0.3 is 5.11 Å². The Morgan fingerprint density at radius 1 is 1.00 bits per heavy atom. The molecule has 3 rings (SSSR count). The Hall–Kier alpha value is -1.64. The molecular formula is C21H27NO. The number of benzene rings is 2. The van der Waals surface area contributed by atoms with Gasteiger partial charge in [-0.2, -0.15) is 0 Å². The summed E-state index contributed by atoms with van der Waals surface area (Å²) in [7, 11) is 0. The van der Waals surface area contributed by atoms with E-state index in [9.17, 15) is 5.11 Å². The first-order chi connectivity index (χ1) is 11.1. The van der Waals surface area contributed by atoms with E-state index in [-0.39, 0.29) is 6.04 Å². The number of nitrogens with zero attached hydrogens (tertiary/aromatic N) is 1. The molecule has 0 bridgehead atoms. The number of hydrogen-bond donors (Lipinski definition) is 1. The van der Waals surface area contributed by atoms with E-state index in [1.54, 1.807) is 0 Å². The minimum atomic E-state index is -0.664. The summed E-state index contributed by atoms with van der Waals surface area (Å²) in [4.78, 5) is 2.46. The molecule has 2 aromatic rings. The fourth-order valence-electron chi connectivity index (χ4n) is 3.69. The molecule has 0 amide bonds. The van der Waals surface area contributed by atoms with E-state index in [4.69, 9.17) is 0 Å². The van der Waals surface area contributed by atoms with Crippen molar-refractivity contribution in [2.24, 2.45) is 5.92 Å². The first-order valence-corrected chi connectivity index (χ1v) is 8.61. The highest BCUT2D eigenvalue weighted by Crippen LogP contribution is 2.35. The maximum atomic E-state index is 11.2. The molecule has 0 spiro atoms. The van der Waals surface area contributed by atoms with Crippen LogP contribution in [-0.2, 0) is 13.0 Å². The van der Waals surface area contributed by atoms with Crippen LogP contribution in [0.5, 0.6) is 0 Å². The number of piperidine rings is 1. The first-order valence-electron chi connectivity index (χ1n) is 8.61. The summed E-state index contributed by atoms with van der Waals surface area (Å²) < 4.78 is 0. The van der Waals surface area contributed by atoms with Crippen molar-refractivity contribution in [3.05, 3.63) is 71.8 Å². The molecule has 0 radical (unpaired) electrons. The normalized spacial score (nSPS) is 28.7. The Morgan fingerprint density at radius 2 is 1.57 bits per heavy atom. The van der Waals surface area contributed by atoms with Crippen LogP contribution in [0.25, 0.3) is 0 Å². The van der Waals surface area contributed by atoms with Crippen LogP contribution in [0.2, 0.25) is 0 Å². The predicted octanol–water partition coefficient (Wildman–Crippen LogP) is 3.89. The largest absolute Gasteiger partial charge is 0.388 e. The molecule has 1 fully saturated rings. The third-order valence-electron chi connectivity index (χ3n) is 5.46. The number of likely N-dealkylation sites (tertiary alicyclic amines) is 1. The molecule has 0 aromatic heterocycles. The van der Waals surface area contributed by atoms with Gasteiger partial charge in [0.2, 0.25) is 0 Å². The van der Waals surface area contributed by atoms with Gasteiger partial charge in [0, 0.05) is 12.6 Å². The van der Waals surface area contributed by atoms with Crippen molar-refractivity contribution in [1.82, 2.24) is 4.90 Å². The first kappa shape index (κ1) is 16.2. The Bertz CT molecular complexity index is 608. The zero-order chi connectivity index (χ0) is 16.3. The van der Waals surface area contributed by atoms with E-state index in [1.807, 2.05) is 13.0 Å². The summed E-state index contributed by atoms with van der Waals surface area (Å²) in [6.07, 6.45) is 1.94. The molecule has 1 N–H and O–H groups in total. The molecule has 1 aliphatic heterocycles. The van der Waals surface area contributed by atoms with E-state index in [0.717, 1.165) is 25.9 Å². The molecule has 0 saturated carbocycles. The zero-order valence-electron chi connectivity index (χ0n) is 14.2. The third kappa shape index (κ3) is 3.65. The van der Waals surface area contributed by atoms with Gasteiger partial charge in [-0.1, -0.05) is 67.6 Å². The second kappa shape index (κ2) is 6.86. The van der Waals surface area contributed by atoms with Gasteiger partial charge in [-0.05, 0) is 43.4 Å². The van der Waals surface area contributed by atoms with Crippen LogP contribution in [0.15, 0.2) is 60.7 Å². The van der Waals surface area contributed by atoms with Gasteiger partial charge in [-0.25, -0.2) is 0 Å². The molecule has 0 aliphatic carbocycles. The van der Waals surface area contributed by atoms with Gasteiger partial charge >= 0.3 is 0 Å². The molecule has 1 heterocycles. The quantitative estimate of drug-likeness (QED) is 0.926. The highest BCUT2D eigenvalue weighted by Gasteiger charge is 2.43. The van der Waals surface area contributed by atoms with Crippen LogP contribution < -0.4 is 0 Å². The molecule has 23 heavy (non-hydrogen) atoms. The average molecular weight is 309 g/mol. The molecule has 1 saturated heterocycles. The summed E-state index contributed by atoms with van der Waals surface area (Å²) in [5, 5.41) is 11.2. The van der Waals surface area contributed by atoms with Crippen molar-refractivity contribution < 1.29 is 5.11 Å². The Morgan fingerprint density at radius 3 is 2.17 bits per heavy atom. The summed E-state index contributed by atoms with van der Waals surface area (Å²) >= 11 is 0. The highest BCUT2D eigenvalue weighted by atomic mass is 16.3. The van der Waals surface area contributed by atoms with Crippen LogP contribution in [0.4, 0.5) is 0 Å². The van der Waals surface area contributed by atoms with Crippen molar-refractivity contribution >= 4 is 0 Å². The van der Waals surface area contributed by atoms with Crippen LogP contribution in [0, 0.1) is 5.92 Å². The lowest BCUT2D eigenvalue weighted by atomic mass is 9.75. The Kier molecular flexibility index (Phi) is 4.84. The second-order valence-corrected chi connectivity index (χ2v) is 7.08. The van der Waals surface area contributed by atoms with Gasteiger partial charge in [0.15, 0.2) is 0 Å². The number of hydrogen-bond acceptors (Lipinski definition) is 2. The topological polar surface area (TPSA) is 23.5 Å². The molecule has 3 atom stereocenters. The highest BCUT2D eigenvalue weighted by molar-refractivity contribution is 5.19. The molecule has 1 aliphatic rings. The SMILES string of the molecule is CC1CCN(Cc2ccccc2)C(Cc2ccccc2)C1(C)O. The van der Waals surface area contributed by atoms with E-state index in [2.05, 4.69) is 66.4 Å². The summed E-state index contributed by atoms with van der Waals surface area (Å²) in [6, 6.07) is 21.3. The molecule has 3 unspecified atom stereocenters. The fraction of sp³-hybridized carbons (Fsp3) is 0.429. The van der Waals surface area contributed by atoms with Crippen LogP contribution in [-0.4, -0.2) is 28.2 Å². The van der Waals surface area contributed by atoms with E-state index in [1.165, 1.54) is 11.1 Å². The Balaban J connectivity index is 1.83. The van der Waals surface area contributed by atoms with Gasteiger partial charge in [-0.3, -0.25) is 4.90 Å².